The molecule has 0 aliphatic heterocycles. The standard InChI is InChI=1S/C12H26O2Si/c1-10(8-13)11(2)9-14-15(6,7)12(3,4)5/h13H,8-9H2,1-7H3. The molecule has 0 unspecified atom stereocenters. The Hall–Kier alpha value is -0.123. The Bertz CT molecular complexity index is 236. The van der Waals surface area contributed by atoms with Crippen LogP contribution in [0, 0.1) is 0 Å². The molecule has 0 fully saturated rings. The van der Waals surface area contributed by atoms with Gasteiger partial charge in [0.1, 0.15) is 0 Å². The summed E-state index contributed by atoms with van der Waals surface area (Å²) < 4.78 is 6.05. The van der Waals surface area contributed by atoms with Crippen LogP contribution in [-0.2, 0) is 4.43 Å². The fourth-order valence-corrected chi connectivity index (χ4v) is 1.77. The normalized spacial score (nSPS) is 15.2. The Kier molecular flexibility index (Phi) is 5.24. The molecule has 0 rings (SSSR count). The zero-order chi connectivity index (χ0) is 12.3. The average molecular weight is 230 g/mol. The van der Waals surface area contributed by atoms with Crippen molar-refractivity contribution in [3.8, 4) is 0 Å². The zero-order valence-electron chi connectivity index (χ0n) is 11.3. The van der Waals surface area contributed by atoms with Gasteiger partial charge in [-0.1, -0.05) is 20.8 Å². The maximum Gasteiger partial charge on any atom is 0.192 e. The highest BCUT2D eigenvalue weighted by molar-refractivity contribution is 6.74. The first-order chi connectivity index (χ1) is 6.62. The van der Waals surface area contributed by atoms with Crippen LogP contribution >= 0.6 is 0 Å². The van der Waals surface area contributed by atoms with Crippen LogP contribution in [0.5, 0.6) is 0 Å². The molecule has 90 valence electrons. The molecule has 0 radical (unpaired) electrons. The number of hydrogen-bond acceptors (Lipinski definition) is 2. The topological polar surface area (TPSA) is 29.5 Å². The van der Waals surface area contributed by atoms with E-state index in [9.17, 15) is 0 Å². The molecule has 15 heavy (non-hydrogen) atoms. The van der Waals surface area contributed by atoms with Crippen molar-refractivity contribution in [2.45, 2.75) is 52.8 Å². The molecule has 0 spiro atoms. The van der Waals surface area contributed by atoms with E-state index in [0.717, 1.165) is 11.1 Å². The molecule has 0 atom stereocenters. The molecule has 0 saturated heterocycles. The molecule has 0 amide bonds. The first-order valence-corrected chi connectivity index (χ1v) is 8.42. The molecule has 0 aliphatic rings. The maximum absolute atomic E-state index is 8.99. The molecule has 3 heteroatoms. The second-order valence-corrected chi connectivity index (χ2v) is 10.6. The van der Waals surface area contributed by atoms with Gasteiger partial charge in [-0.3, -0.25) is 0 Å². The molecular formula is C12H26O2Si. The zero-order valence-corrected chi connectivity index (χ0v) is 12.3. The predicted molar refractivity (Wildman–Crippen MR) is 68.6 cm³/mol. The summed E-state index contributed by atoms with van der Waals surface area (Å²) in [6.45, 7) is 16.0. The quantitative estimate of drug-likeness (QED) is 0.593. The van der Waals surface area contributed by atoms with Gasteiger partial charge < -0.3 is 9.53 Å². The van der Waals surface area contributed by atoms with Crippen LogP contribution in [0.4, 0.5) is 0 Å². The third kappa shape index (κ3) is 4.49. The molecule has 0 aromatic carbocycles. The predicted octanol–water partition coefficient (Wildman–Crippen LogP) is 3.34. The lowest BCUT2D eigenvalue weighted by molar-refractivity contribution is 0.306. The fraction of sp³-hybridized carbons (Fsp3) is 0.833. The lowest BCUT2D eigenvalue weighted by Crippen LogP contribution is -2.41. The van der Waals surface area contributed by atoms with Gasteiger partial charge in [0.25, 0.3) is 0 Å². The molecule has 1 N–H and O–H groups in total. The summed E-state index contributed by atoms with van der Waals surface area (Å²) in [5.74, 6) is 0. The Morgan fingerprint density at radius 2 is 1.60 bits per heavy atom. The second-order valence-electron chi connectivity index (χ2n) is 5.77. The van der Waals surface area contributed by atoms with E-state index >= 15 is 0 Å². The van der Waals surface area contributed by atoms with Crippen molar-refractivity contribution >= 4 is 8.32 Å². The molecule has 0 saturated carbocycles. The Morgan fingerprint density at radius 1 is 1.13 bits per heavy atom. The van der Waals surface area contributed by atoms with E-state index in [1.54, 1.807) is 0 Å². The molecular weight excluding hydrogens is 204 g/mol. The third-order valence-electron chi connectivity index (χ3n) is 3.42. The summed E-state index contributed by atoms with van der Waals surface area (Å²) in [5.41, 5.74) is 2.18. The van der Waals surface area contributed by atoms with Crippen molar-refractivity contribution in [2.24, 2.45) is 0 Å². The van der Waals surface area contributed by atoms with Gasteiger partial charge in [0.15, 0.2) is 8.32 Å². The molecule has 0 aromatic heterocycles. The van der Waals surface area contributed by atoms with Crippen LogP contribution in [-0.4, -0.2) is 26.6 Å². The molecule has 0 aliphatic carbocycles. The van der Waals surface area contributed by atoms with Crippen molar-refractivity contribution < 1.29 is 9.53 Å². The summed E-state index contributed by atoms with van der Waals surface area (Å²) in [5, 5.41) is 9.24. The highest BCUT2D eigenvalue weighted by atomic mass is 28.4. The van der Waals surface area contributed by atoms with E-state index in [1.165, 1.54) is 0 Å². The summed E-state index contributed by atoms with van der Waals surface area (Å²) in [6, 6.07) is 0. The Balaban J connectivity index is 4.41. The fourth-order valence-electron chi connectivity index (χ4n) is 0.763. The van der Waals surface area contributed by atoms with Gasteiger partial charge in [-0.05, 0) is 43.1 Å². The van der Waals surface area contributed by atoms with Gasteiger partial charge in [0.2, 0.25) is 0 Å². The minimum atomic E-state index is -1.64. The SMILES string of the molecule is CC(CO)=C(C)CO[Si](C)(C)C(C)(C)C. The van der Waals surface area contributed by atoms with Gasteiger partial charge >= 0.3 is 0 Å². The molecule has 0 heterocycles. The highest BCUT2D eigenvalue weighted by Crippen LogP contribution is 2.36. The van der Waals surface area contributed by atoms with E-state index in [0.29, 0.717) is 6.61 Å². The van der Waals surface area contributed by atoms with Gasteiger partial charge in [0, 0.05) is 0 Å². The van der Waals surface area contributed by atoms with Gasteiger partial charge in [-0.2, -0.15) is 0 Å². The van der Waals surface area contributed by atoms with Crippen LogP contribution in [0.1, 0.15) is 34.6 Å². The van der Waals surface area contributed by atoms with E-state index in [4.69, 9.17) is 9.53 Å². The highest BCUT2D eigenvalue weighted by Gasteiger charge is 2.36. The largest absolute Gasteiger partial charge is 0.413 e. The Labute approximate surface area is 95.5 Å². The van der Waals surface area contributed by atoms with Gasteiger partial charge in [-0.25, -0.2) is 0 Å². The molecule has 0 aromatic rings. The minimum absolute atomic E-state index is 0.132. The lowest BCUT2D eigenvalue weighted by atomic mass is 10.2. The van der Waals surface area contributed by atoms with Crippen LogP contribution in [0.15, 0.2) is 11.1 Å². The Morgan fingerprint density at radius 3 is 1.93 bits per heavy atom. The number of rotatable bonds is 4. The van der Waals surface area contributed by atoms with Crippen LogP contribution in [0.2, 0.25) is 18.1 Å². The van der Waals surface area contributed by atoms with Crippen molar-refractivity contribution in [1.82, 2.24) is 0 Å². The summed E-state index contributed by atoms with van der Waals surface area (Å²) in [7, 11) is -1.64. The second kappa shape index (κ2) is 5.28. The van der Waals surface area contributed by atoms with E-state index in [1.807, 2.05) is 13.8 Å². The van der Waals surface area contributed by atoms with Crippen molar-refractivity contribution in [3.05, 3.63) is 11.1 Å². The van der Waals surface area contributed by atoms with Gasteiger partial charge in [0.05, 0.1) is 13.2 Å². The monoisotopic (exact) mass is 230 g/mol. The molecule has 0 bridgehead atoms. The van der Waals surface area contributed by atoms with Crippen molar-refractivity contribution in [3.63, 3.8) is 0 Å². The maximum atomic E-state index is 8.99. The minimum Gasteiger partial charge on any atom is -0.413 e. The summed E-state index contributed by atoms with van der Waals surface area (Å²) in [4.78, 5) is 0. The van der Waals surface area contributed by atoms with Crippen molar-refractivity contribution in [2.75, 3.05) is 13.2 Å². The third-order valence-corrected chi connectivity index (χ3v) is 7.90. The first-order valence-electron chi connectivity index (χ1n) is 5.52. The van der Waals surface area contributed by atoms with Crippen molar-refractivity contribution in [1.29, 1.82) is 0 Å². The van der Waals surface area contributed by atoms with Crippen LogP contribution < -0.4 is 0 Å². The number of aliphatic hydroxyl groups excluding tert-OH is 1. The van der Waals surface area contributed by atoms with Gasteiger partial charge in [-0.15, -0.1) is 0 Å². The van der Waals surface area contributed by atoms with E-state index in [2.05, 4.69) is 33.9 Å². The average Bonchev–Trinajstić information content (AvgIpc) is 2.11. The van der Waals surface area contributed by atoms with E-state index in [-0.39, 0.29) is 11.6 Å². The smallest absolute Gasteiger partial charge is 0.192 e. The molecule has 2 nitrogen and oxygen atoms in total. The lowest BCUT2D eigenvalue weighted by Gasteiger charge is -2.36. The van der Waals surface area contributed by atoms with Crippen LogP contribution in [0.3, 0.4) is 0 Å². The first kappa shape index (κ1) is 14.9. The van der Waals surface area contributed by atoms with E-state index < -0.39 is 8.32 Å². The summed E-state index contributed by atoms with van der Waals surface area (Å²) >= 11 is 0. The summed E-state index contributed by atoms with van der Waals surface area (Å²) in [6.07, 6.45) is 0. The number of hydrogen-bond donors (Lipinski definition) is 1. The number of aliphatic hydroxyl groups is 1. The van der Waals surface area contributed by atoms with Crippen LogP contribution in [0.25, 0.3) is 0 Å².